The molecule has 2 rings (SSSR count). The zero-order valence-electron chi connectivity index (χ0n) is 7.91. The first-order valence-corrected chi connectivity index (χ1v) is 4.36. The Labute approximate surface area is 89.4 Å². The molecule has 1 aromatic carbocycles. The molecule has 0 bridgehead atoms. The van der Waals surface area contributed by atoms with Gasteiger partial charge in [-0.2, -0.15) is 0 Å². The summed E-state index contributed by atoms with van der Waals surface area (Å²) in [5.41, 5.74) is -0.144. The Hall–Kier alpha value is -2.31. The predicted molar refractivity (Wildman–Crippen MR) is 48.0 cm³/mol. The van der Waals surface area contributed by atoms with E-state index >= 15 is 0 Å². The number of aliphatic carboxylic acids is 1. The van der Waals surface area contributed by atoms with Gasteiger partial charge >= 0.3 is 0 Å². The van der Waals surface area contributed by atoms with Crippen LogP contribution in [0.25, 0.3) is 0 Å². The van der Waals surface area contributed by atoms with Crippen molar-refractivity contribution >= 4 is 11.7 Å². The summed E-state index contributed by atoms with van der Waals surface area (Å²) < 4.78 is 10.1. The third kappa shape index (κ3) is 1.74. The fraction of sp³-hybridized carbons (Fsp3) is 0.222. The molecule has 1 aliphatic rings. The summed E-state index contributed by atoms with van der Waals surface area (Å²) in [6, 6.07) is 3.68. The van der Waals surface area contributed by atoms with E-state index in [9.17, 15) is 20.0 Å². The van der Waals surface area contributed by atoms with Gasteiger partial charge in [-0.05, 0) is 6.07 Å². The number of nitro benzene ring substituents is 1. The zero-order valence-corrected chi connectivity index (χ0v) is 7.91. The van der Waals surface area contributed by atoms with E-state index < -0.39 is 17.0 Å². The molecule has 1 aliphatic heterocycles. The van der Waals surface area contributed by atoms with Gasteiger partial charge in [0, 0.05) is 6.07 Å². The lowest BCUT2D eigenvalue weighted by molar-refractivity contribution is -0.385. The average molecular weight is 224 g/mol. The summed E-state index contributed by atoms with van der Waals surface area (Å²) in [7, 11) is 0. The van der Waals surface area contributed by atoms with E-state index in [1.54, 1.807) is 0 Å². The van der Waals surface area contributed by atoms with Crippen molar-refractivity contribution in [3.8, 4) is 11.5 Å². The standard InChI is InChI=1S/C9H7NO6/c11-9(12)8-4-15-7-3-5(10(13)14)1-2-6(7)16-8/h1-3,8H,4H2,(H,11,12)/p-1/t8-/m0/s1. The number of carbonyl (C=O) groups is 1. The lowest BCUT2D eigenvalue weighted by Gasteiger charge is -2.26. The number of benzene rings is 1. The van der Waals surface area contributed by atoms with Crippen LogP contribution < -0.4 is 14.6 Å². The van der Waals surface area contributed by atoms with Gasteiger partial charge in [-0.25, -0.2) is 0 Å². The van der Waals surface area contributed by atoms with Gasteiger partial charge < -0.3 is 19.4 Å². The highest BCUT2D eigenvalue weighted by molar-refractivity contribution is 5.71. The molecule has 0 fully saturated rings. The number of carbonyl (C=O) groups excluding carboxylic acids is 1. The maximum absolute atomic E-state index is 10.5. The molecule has 0 radical (unpaired) electrons. The van der Waals surface area contributed by atoms with Gasteiger partial charge in [0.1, 0.15) is 6.61 Å². The molecule has 0 spiro atoms. The molecule has 16 heavy (non-hydrogen) atoms. The summed E-state index contributed by atoms with van der Waals surface area (Å²) in [5, 5.41) is 21.0. The van der Waals surface area contributed by atoms with Crippen molar-refractivity contribution in [3.63, 3.8) is 0 Å². The highest BCUT2D eigenvalue weighted by Gasteiger charge is 2.23. The van der Waals surface area contributed by atoms with Gasteiger partial charge in [-0.1, -0.05) is 0 Å². The van der Waals surface area contributed by atoms with Gasteiger partial charge in [0.2, 0.25) is 0 Å². The van der Waals surface area contributed by atoms with Crippen molar-refractivity contribution in [2.75, 3.05) is 6.61 Å². The Kier molecular flexibility index (Phi) is 2.35. The largest absolute Gasteiger partial charge is 0.546 e. The van der Waals surface area contributed by atoms with E-state index in [2.05, 4.69) is 0 Å². The Balaban J connectivity index is 2.29. The molecule has 0 aliphatic carbocycles. The molecule has 0 aromatic heterocycles. The summed E-state index contributed by atoms with van der Waals surface area (Å²) >= 11 is 0. The second-order valence-electron chi connectivity index (χ2n) is 3.12. The molecule has 0 N–H and O–H groups in total. The second-order valence-corrected chi connectivity index (χ2v) is 3.12. The molecule has 7 heteroatoms. The van der Waals surface area contributed by atoms with Gasteiger partial charge in [-0.3, -0.25) is 10.1 Å². The van der Waals surface area contributed by atoms with Crippen LogP contribution in [0.1, 0.15) is 0 Å². The van der Waals surface area contributed by atoms with Crippen LogP contribution >= 0.6 is 0 Å². The predicted octanol–water partition coefficient (Wildman–Crippen LogP) is -0.516. The van der Waals surface area contributed by atoms with E-state index in [1.807, 2.05) is 0 Å². The minimum Gasteiger partial charge on any atom is -0.546 e. The Bertz CT molecular complexity index is 457. The molecule has 7 nitrogen and oxygen atoms in total. The number of carboxylic acid groups (broad SMARTS) is 1. The Morgan fingerprint density at radius 3 is 2.81 bits per heavy atom. The van der Waals surface area contributed by atoms with Crippen molar-refractivity contribution in [1.29, 1.82) is 0 Å². The number of carboxylic acids is 1. The molecule has 0 saturated carbocycles. The van der Waals surface area contributed by atoms with Gasteiger partial charge in [0.15, 0.2) is 17.6 Å². The number of non-ortho nitro benzene ring substituents is 1. The van der Waals surface area contributed by atoms with E-state index in [1.165, 1.54) is 18.2 Å². The van der Waals surface area contributed by atoms with Crippen molar-refractivity contribution in [3.05, 3.63) is 28.3 Å². The molecule has 0 amide bonds. The van der Waals surface area contributed by atoms with Crippen molar-refractivity contribution in [2.45, 2.75) is 6.10 Å². The summed E-state index contributed by atoms with van der Waals surface area (Å²) in [6.45, 7) is -0.226. The van der Waals surface area contributed by atoms with Crippen LogP contribution in [0.5, 0.6) is 11.5 Å². The third-order valence-corrected chi connectivity index (χ3v) is 2.06. The van der Waals surface area contributed by atoms with Crippen LogP contribution in [0.3, 0.4) is 0 Å². The van der Waals surface area contributed by atoms with Crippen LogP contribution in [0.2, 0.25) is 0 Å². The summed E-state index contributed by atoms with van der Waals surface area (Å²) in [4.78, 5) is 20.4. The van der Waals surface area contributed by atoms with Crippen molar-refractivity contribution in [2.24, 2.45) is 0 Å². The number of rotatable bonds is 2. The number of hydrogen-bond donors (Lipinski definition) is 0. The highest BCUT2D eigenvalue weighted by atomic mass is 16.6. The zero-order chi connectivity index (χ0) is 11.7. The molecule has 0 unspecified atom stereocenters. The first-order chi connectivity index (χ1) is 7.58. The van der Waals surface area contributed by atoms with E-state index in [0.717, 1.165) is 0 Å². The molecule has 84 valence electrons. The lowest BCUT2D eigenvalue weighted by atomic mass is 10.2. The fourth-order valence-corrected chi connectivity index (χ4v) is 1.29. The van der Waals surface area contributed by atoms with Crippen LogP contribution in [0, 0.1) is 10.1 Å². The second kappa shape index (κ2) is 3.69. The van der Waals surface area contributed by atoms with Crippen molar-refractivity contribution in [1.82, 2.24) is 0 Å². The molecule has 1 aromatic rings. The number of fused-ring (bicyclic) bond motifs is 1. The van der Waals surface area contributed by atoms with E-state index in [0.29, 0.717) is 0 Å². The quantitative estimate of drug-likeness (QED) is 0.495. The number of hydrogen-bond acceptors (Lipinski definition) is 6. The molecule has 1 atom stereocenters. The highest BCUT2D eigenvalue weighted by Crippen LogP contribution is 2.34. The monoisotopic (exact) mass is 224 g/mol. The Morgan fingerprint density at radius 2 is 2.19 bits per heavy atom. The van der Waals surface area contributed by atoms with E-state index in [4.69, 9.17) is 9.47 Å². The normalized spacial score (nSPS) is 17.9. The molecule has 0 saturated heterocycles. The number of nitrogens with zero attached hydrogens (tertiary/aromatic N) is 1. The molecular weight excluding hydrogens is 218 g/mol. The first kappa shape index (κ1) is 10.2. The van der Waals surface area contributed by atoms with E-state index in [-0.39, 0.29) is 23.8 Å². The minimum atomic E-state index is -1.39. The fourth-order valence-electron chi connectivity index (χ4n) is 1.29. The topological polar surface area (TPSA) is 102 Å². The molecule has 1 heterocycles. The SMILES string of the molecule is O=C([O-])[C@@H]1COc2cc([N+](=O)[O-])ccc2O1. The summed E-state index contributed by atoms with van der Waals surface area (Å²) in [5.74, 6) is -1.07. The van der Waals surface area contributed by atoms with Crippen LogP contribution in [-0.2, 0) is 4.79 Å². The van der Waals surface area contributed by atoms with Gasteiger partial charge in [0.25, 0.3) is 5.69 Å². The summed E-state index contributed by atoms with van der Waals surface area (Å²) in [6.07, 6.45) is -1.19. The lowest BCUT2D eigenvalue weighted by Crippen LogP contribution is -2.45. The maximum Gasteiger partial charge on any atom is 0.273 e. The maximum atomic E-state index is 10.5. The number of nitro groups is 1. The number of ether oxygens (including phenoxy) is 2. The van der Waals surface area contributed by atoms with Crippen molar-refractivity contribution < 1.29 is 24.3 Å². The van der Waals surface area contributed by atoms with Gasteiger partial charge in [0.05, 0.1) is 17.0 Å². The first-order valence-electron chi connectivity index (χ1n) is 4.36. The Morgan fingerprint density at radius 1 is 1.44 bits per heavy atom. The minimum absolute atomic E-state index is 0.144. The van der Waals surface area contributed by atoms with Crippen LogP contribution in [-0.4, -0.2) is 23.6 Å². The smallest absolute Gasteiger partial charge is 0.273 e. The van der Waals surface area contributed by atoms with Crippen LogP contribution in [0.4, 0.5) is 5.69 Å². The van der Waals surface area contributed by atoms with Crippen LogP contribution in [0.15, 0.2) is 18.2 Å². The van der Waals surface area contributed by atoms with Gasteiger partial charge in [-0.15, -0.1) is 0 Å². The third-order valence-electron chi connectivity index (χ3n) is 2.06. The average Bonchev–Trinajstić information content (AvgIpc) is 2.27. The molecular formula is C9H6NO6-.